The predicted octanol–water partition coefficient (Wildman–Crippen LogP) is 3.07. The molecule has 0 saturated heterocycles. The molecule has 1 N–H and O–H groups in total. The monoisotopic (exact) mass is 365 g/mol. The molecule has 6 nitrogen and oxygen atoms in total. The fourth-order valence-electron chi connectivity index (χ4n) is 2.95. The summed E-state index contributed by atoms with van der Waals surface area (Å²) in [4.78, 5) is 34.5. The molecule has 1 heterocycles. The second kappa shape index (κ2) is 11.5. The molecule has 0 aromatic carbocycles. The first-order valence-electron chi connectivity index (χ1n) is 9.24. The zero-order valence-electron chi connectivity index (χ0n) is 16.2. The fourth-order valence-corrected chi connectivity index (χ4v) is 2.95. The Morgan fingerprint density at radius 1 is 1.15 bits per heavy atom. The van der Waals surface area contributed by atoms with E-state index in [2.05, 4.69) is 5.32 Å². The number of nitrogens with one attached hydrogen (secondary N) is 1. The second-order valence-electron chi connectivity index (χ2n) is 6.79. The van der Waals surface area contributed by atoms with Crippen LogP contribution in [-0.2, 0) is 23.9 Å². The Hall–Kier alpha value is -2.11. The Morgan fingerprint density at radius 3 is 2.54 bits per heavy atom. The molecule has 1 aliphatic heterocycles. The molecule has 1 aliphatic rings. The van der Waals surface area contributed by atoms with Crippen molar-refractivity contribution in [2.24, 2.45) is 5.92 Å². The lowest BCUT2D eigenvalue weighted by Crippen LogP contribution is -2.40. The number of amides is 1. The molecule has 0 radical (unpaired) electrons. The van der Waals surface area contributed by atoms with E-state index in [0.29, 0.717) is 6.42 Å². The number of esters is 2. The zero-order valence-corrected chi connectivity index (χ0v) is 16.2. The maximum absolute atomic E-state index is 12.2. The van der Waals surface area contributed by atoms with Crippen LogP contribution in [0.4, 0.5) is 0 Å². The molecule has 0 bridgehead atoms. The molecule has 1 amide bonds. The molecule has 0 saturated carbocycles. The smallest absolute Gasteiger partial charge is 0.303 e. The van der Waals surface area contributed by atoms with Gasteiger partial charge in [-0.25, -0.2) is 0 Å². The summed E-state index contributed by atoms with van der Waals surface area (Å²) in [5, 5.41) is 3.07. The van der Waals surface area contributed by atoms with E-state index in [9.17, 15) is 14.4 Å². The normalized spacial score (nSPS) is 26.7. The molecule has 0 fully saturated rings. The van der Waals surface area contributed by atoms with E-state index in [-0.39, 0.29) is 42.5 Å². The van der Waals surface area contributed by atoms with E-state index >= 15 is 0 Å². The molecule has 0 aliphatic carbocycles. The van der Waals surface area contributed by atoms with Gasteiger partial charge in [-0.3, -0.25) is 14.4 Å². The van der Waals surface area contributed by atoms with Gasteiger partial charge in [-0.2, -0.15) is 0 Å². The van der Waals surface area contributed by atoms with Crippen LogP contribution >= 0.6 is 0 Å². The Kier molecular flexibility index (Phi) is 9.70. The van der Waals surface area contributed by atoms with Crippen LogP contribution in [0.5, 0.6) is 0 Å². The van der Waals surface area contributed by atoms with Crippen molar-refractivity contribution >= 4 is 17.8 Å². The Balaban J connectivity index is 2.93. The minimum absolute atomic E-state index is 0.00464. The minimum Gasteiger partial charge on any atom is -0.462 e. The highest BCUT2D eigenvalue weighted by atomic mass is 16.5. The standard InChI is InChI=1S/C20H31NO5/c1-14-10-11-18(26-17(4)23)8-6-5-7-9-19(24)21-20(14)15(2)12-13-25-16(3)22/h10-12,14,18,20H,5-9,13H2,1-4H3,(H,21,24)/b11-10+,15-12+/t14-,18?,20?/m0/s1. The highest BCUT2D eigenvalue weighted by Gasteiger charge is 2.21. The number of carbonyl (C=O) groups is 3. The quantitative estimate of drug-likeness (QED) is 0.612. The topological polar surface area (TPSA) is 81.7 Å². The van der Waals surface area contributed by atoms with Crippen LogP contribution in [0.3, 0.4) is 0 Å². The van der Waals surface area contributed by atoms with Crippen LogP contribution in [0.25, 0.3) is 0 Å². The number of rotatable bonds is 4. The number of hydrogen-bond donors (Lipinski definition) is 1. The van der Waals surface area contributed by atoms with E-state index in [4.69, 9.17) is 9.47 Å². The van der Waals surface area contributed by atoms with Gasteiger partial charge in [0, 0.05) is 20.3 Å². The summed E-state index contributed by atoms with van der Waals surface area (Å²) in [6, 6.07) is -0.202. The van der Waals surface area contributed by atoms with Crippen LogP contribution in [0, 0.1) is 5.92 Å². The predicted molar refractivity (Wildman–Crippen MR) is 99.3 cm³/mol. The van der Waals surface area contributed by atoms with E-state index in [1.165, 1.54) is 13.8 Å². The van der Waals surface area contributed by atoms with Gasteiger partial charge < -0.3 is 14.8 Å². The summed E-state index contributed by atoms with van der Waals surface area (Å²) < 4.78 is 10.3. The lowest BCUT2D eigenvalue weighted by atomic mass is 9.93. The van der Waals surface area contributed by atoms with Crippen molar-refractivity contribution in [3.63, 3.8) is 0 Å². The highest BCUT2D eigenvalue weighted by Crippen LogP contribution is 2.18. The van der Waals surface area contributed by atoms with E-state index in [1.54, 1.807) is 0 Å². The Labute approximate surface area is 156 Å². The molecule has 0 aromatic rings. The summed E-state index contributed by atoms with van der Waals surface area (Å²) in [6.45, 7) is 6.87. The maximum atomic E-state index is 12.2. The molecule has 6 heteroatoms. The van der Waals surface area contributed by atoms with Gasteiger partial charge in [-0.05, 0) is 44.3 Å². The number of hydrogen-bond acceptors (Lipinski definition) is 5. The van der Waals surface area contributed by atoms with Crippen molar-refractivity contribution in [1.29, 1.82) is 0 Å². The Morgan fingerprint density at radius 2 is 1.88 bits per heavy atom. The molecule has 146 valence electrons. The van der Waals surface area contributed by atoms with Crippen LogP contribution in [0.15, 0.2) is 23.8 Å². The molecule has 0 aromatic heterocycles. The first kappa shape index (κ1) is 21.9. The lowest BCUT2D eigenvalue weighted by Gasteiger charge is -2.25. The second-order valence-corrected chi connectivity index (χ2v) is 6.79. The minimum atomic E-state index is -0.339. The Bertz CT molecular complexity index is 552. The van der Waals surface area contributed by atoms with Crippen molar-refractivity contribution in [3.8, 4) is 0 Å². The molecule has 1 rings (SSSR count). The summed E-state index contributed by atoms with van der Waals surface area (Å²) in [6.07, 6.45) is 9.32. The molecular weight excluding hydrogens is 334 g/mol. The van der Waals surface area contributed by atoms with Gasteiger partial charge in [0.05, 0.1) is 6.04 Å². The van der Waals surface area contributed by atoms with Crippen molar-refractivity contribution in [2.75, 3.05) is 6.61 Å². The van der Waals surface area contributed by atoms with Gasteiger partial charge >= 0.3 is 11.9 Å². The largest absolute Gasteiger partial charge is 0.462 e. The van der Waals surface area contributed by atoms with Crippen LogP contribution in [0.2, 0.25) is 0 Å². The lowest BCUT2D eigenvalue weighted by molar-refractivity contribution is -0.144. The average Bonchev–Trinajstić information content (AvgIpc) is 2.54. The van der Waals surface area contributed by atoms with Crippen molar-refractivity contribution in [1.82, 2.24) is 5.32 Å². The first-order chi connectivity index (χ1) is 12.3. The molecule has 26 heavy (non-hydrogen) atoms. The molecule has 0 spiro atoms. The van der Waals surface area contributed by atoms with Gasteiger partial charge in [0.1, 0.15) is 12.7 Å². The molecule has 2 unspecified atom stereocenters. The summed E-state index contributed by atoms with van der Waals surface area (Å²) in [7, 11) is 0. The van der Waals surface area contributed by atoms with Crippen LogP contribution in [0.1, 0.15) is 59.8 Å². The zero-order chi connectivity index (χ0) is 19.5. The van der Waals surface area contributed by atoms with Crippen molar-refractivity contribution < 1.29 is 23.9 Å². The SMILES string of the molecule is CC(=O)OC/C=C(\C)C1NC(=O)CCCCCC(OC(C)=O)/C=C/[C@@H]1C. The summed E-state index contributed by atoms with van der Waals surface area (Å²) in [5.41, 5.74) is 0.929. The molecular formula is C20H31NO5. The third kappa shape index (κ3) is 8.83. The third-order valence-corrected chi connectivity index (χ3v) is 4.36. The number of ether oxygens (including phenoxy) is 2. The fraction of sp³-hybridized carbons (Fsp3) is 0.650. The van der Waals surface area contributed by atoms with E-state index in [0.717, 1.165) is 31.3 Å². The summed E-state index contributed by atoms with van der Waals surface area (Å²) >= 11 is 0. The van der Waals surface area contributed by atoms with Gasteiger partial charge in [0.25, 0.3) is 0 Å². The van der Waals surface area contributed by atoms with Crippen LogP contribution in [-0.4, -0.2) is 36.6 Å². The van der Waals surface area contributed by atoms with Crippen LogP contribution < -0.4 is 5.32 Å². The third-order valence-electron chi connectivity index (χ3n) is 4.36. The van der Waals surface area contributed by atoms with Gasteiger partial charge in [0.2, 0.25) is 5.91 Å². The molecule has 3 atom stereocenters. The number of carbonyl (C=O) groups excluding carboxylic acids is 3. The maximum Gasteiger partial charge on any atom is 0.303 e. The summed E-state index contributed by atoms with van der Waals surface area (Å²) in [5.74, 6) is -0.603. The van der Waals surface area contributed by atoms with E-state index < -0.39 is 0 Å². The van der Waals surface area contributed by atoms with Crippen molar-refractivity contribution in [3.05, 3.63) is 23.8 Å². The van der Waals surface area contributed by atoms with Gasteiger partial charge in [-0.15, -0.1) is 0 Å². The first-order valence-corrected chi connectivity index (χ1v) is 9.24. The van der Waals surface area contributed by atoms with Gasteiger partial charge in [-0.1, -0.05) is 25.0 Å². The highest BCUT2D eigenvalue weighted by molar-refractivity contribution is 5.76. The van der Waals surface area contributed by atoms with Crippen molar-refractivity contribution in [2.45, 2.75) is 71.9 Å². The van der Waals surface area contributed by atoms with E-state index in [1.807, 2.05) is 32.1 Å². The average molecular weight is 365 g/mol. The van der Waals surface area contributed by atoms with Gasteiger partial charge in [0.15, 0.2) is 0 Å².